The van der Waals surface area contributed by atoms with Crippen molar-refractivity contribution in [2.24, 2.45) is 11.3 Å². The quantitative estimate of drug-likeness (QED) is 0.244. The van der Waals surface area contributed by atoms with E-state index in [1.54, 1.807) is 18.2 Å². The van der Waals surface area contributed by atoms with Crippen molar-refractivity contribution in [3.63, 3.8) is 0 Å². The van der Waals surface area contributed by atoms with Gasteiger partial charge in [0.2, 0.25) is 6.79 Å². The summed E-state index contributed by atoms with van der Waals surface area (Å²) in [5.41, 5.74) is 5.37. The van der Waals surface area contributed by atoms with Gasteiger partial charge in [-0.2, -0.15) is 0 Å². The molecule has 0 fully saturated rings. The average molecular weight is 583 g/mol. The van der Waals surface area contributed by atoms with Crippen molar-refractivity contribution in [1.29, 1.82) is 0 Å². The molecule has 1 unspecified atom stereocenters. The van der Waals surface area contributed by atoms with Crippen LogP contribution in [-0.2, 0) is 16.0 Å². The second-order valence-electron chi connectivity index (χ2n) is 11.7. The number of nitrogens with zero attached hydrogens (tertiary/aromatic N) is 1. The highest BCUT2D eigenvalue weighted by Gasteiger charge is 2.35. The van der Waals surface area contributed by atoms with Gasteiger partial charge in [-0.1, -0.05) is 62.7 Å². The van der Waals surface area contributed by atoms with E-state index in [1.165, 1.54) is 0 Å². The van der Waals surface area contributed by atoms with Crippen LogP contribution in [0, 0.1) is 11.3 Å². The summed E-state index contributed by atoms with van der Waals surface area (Å²) in [4.78, 5) is 31.6. The van der Waals surface area contributed by atoms with Crippen LogP contribution in [0.15, 0.2) is 66.7 Å². The fraction of sp³-hybridized carbons (Fsp3) is 0.265. The van der Waals surface area contributed by atoms with Crippen molar-refractivity contribution < 1.29 is 23.8 Å². The first-order chi connectivity index (χ1) is 20.2. The van der Waals surface area contributed by atoms with Gasteiger partial charge in [-0.25, -0.2) is 9.78 Å². The lowest BCUT2D eigenvalue weighted by atomic mass is 9.69. The summed E-state index contributed by atoms with van der Waals surface area (Å²) < 4.78 is 16.3. The summed E-state index contributed by atoms with van der Waals surface area (Å²) in [6, 6.07) is 20.4. The van der Waals surface area contributed by atoms with Crippen LogP contribution in [0.3, 0.4) is 0 Å². The summed E-state index contributed by atoms with van der Waals surface area (Å²) >= 11 is 6.14. The largest absolute Gasteiger partial charge is 0.454 e. The van der Waals surface area contributed by atoms with Crippen LogP contribution in [0.2, 0.25) is 5.02 Å². The number of anilines is 1. The van der Waals surface area contributed by atoms with Gasteiger partial charge in [0.1, 0.15) is 0 Å². The Hall–Kier alpha value is -4.36. The molecule has 6 rings (SSSR count). The Kier molecular flexibility index (Phi) is 7.37. The number of esters is 1. The molecular weight excluding hydrogens is 552 g/mol. The number of aromatic nitrogens is 1. The van der Waals surface area contributed by atoms with E-state index in [-0.39, 0.29) is 18.1 Å². The number of carbonyl (C=O) groups excluding carboxylic acids is 2. The number of hydrogen-bond donors (Lipinski definition) is 1. The van der Waals surface area contributed by atoms with E-state index in [0.717, 1.165) is 28.8 Å². The van der Waals surface area contributed by atoms with Crippen LogP contribution in [0.1, 0.15) is 54.4 Å². The topological polar surface area (TPSA) is 86.8 Å². The van der Waals surface area contributed by atoms with Crippen LogP contribution in [0.25, 0.3) is 22.6 Å². The Balaban J connectivity index is 1.34. The van der Waals surface area contributed by atoms with Crippen molar-refractivity contribution in [3.05, 3.63) is 94.1 Å². The van der Waals surface area contributed by atoms with Crippen LogP contribution in [0.4, 0.5) is 5.69 Å². The fourth-order valence-corrected chi connectivity index (χ4v) is 5.63. The zero-order chi connectivity index (χ0) is 29.4. The number of amides is 1. The first-order valence-electron chi connectivity index (χ1n) is 13.9. The van der Waals surface area contributed by atoms with Gasteiger partial charge in [0.25, 0.3) is 5.91 Å². The standard InChI is InChI=1S/C34H31ClN2O5/c1-34(2,3)22-15-21(14-20-8-10-23(35)11-9-20)32-26(16-22)31(25-6-4-5-7-27(25)37-32)33(39)40-18-30(38)36-24-12-13-28-29(17-24)42-19-41-28/h4-14,17,22H,15-16,18-19H2,1-3H3,(H,36,38)/b21-14+. The van der Waals surface area contributed by atoms with Crippen LogP contribution in [0.5, 0.6) is 11.5 Å². The van der Waals surface area contributed by atoms with Crippen molar-refractivity contribution in [2.45, 2.75) is 33.6 Å². The van der Waals surface area contributed by atoms with Crippen molar-refractivity contribution in [1.82, 2.24) is 4.98 Å². The molecule has 1 atom stereocenters. The van der Waals surface area contributed by atoms with Gasteiger partial charge < -0.3 is 19.5 Å². The Morgan fingerprint density at radius 2 is 1.79 bits per heavy atom. The Morgan fingerprint density at radius 1 is 1.02 bits per heavy atom. The molecule has 4 aromatic rings. The second kappa shape index (κ2) is 11.1. The molecule has 8 heteroatoms. The molecule has 0 saturated carbocycles. The molecular formula is C34H31ClN2O5. The van der Waals surface area contributed by atoms with Gasteiger partial charge in [0.05, 0.1) is 16.8 Å². The number of fused-ring (bicyclic) bond motifs is 3. The van der Waals surface area contributed by atoms with E-state index < -0.39 is 18.5 Å². The number of ether oxygens (including phenoxy) is 3. The number of pyridine rings is 1. The van der Waals surface area contributed by atoms with E-state index in [1.807, 2.05) is 48.5 Å². The van der Waals surface area contributed by atoms with Gasteiger partial charge >= 0.3 is 5.97 Å². The van der Waals surface area contributed by atoms with E-state index in [2.05, 4.69) is 32.2 Å². The van der Waals surface area contributed by atoms with Crippen LogP contribution in [-0.4, -0.2) is 30.3 Å². The molecule has 1 aliphatic carbocycles. The third kappa shape index (κ3) is 5.70. The lowest BCUT2D eigenvalue weighted by molar-refractivity contribution is -0.119. The maximum absolute atomic E-state index is 13.8. The third-order valence-corrected chi connectivity index (χ3v) is 8.10. The third-order valence-electron chi connectivity index (χ3n) is 7.84. The highest BCUT2D eigenvalue weighted by atomic mass is 35.5. The summed E-state index contributed by atoms with van der Waals surface area (Å²) in [6.45, 7) is 6.36. The molecule has 42 heavy (non-hydrogen) atoms. The molecule has 214 valence electrons. The number of rotatable bonds is 5. The van der Waals surface area contributed by atoms with E-state index in [4.69, 9.17) is 30.8 Å². The highest BCUT2D eigenvalue weighted by molar-refractivity contribution is 6.30. The lowest BCUT2D eigenvalue weighted by Gasteiger charge is -2.36. The number of carbonyl (C=O) groups is 2. The van der Waals surface area contributed by atoms with Gasteiger partial charge in [-0.3, -0.25) is 4.79 Å². The first kappa shape index (κ1) is 27.8. The number of para-hydroxylation sites is 1. The minimum atomic E-state index is -0.550. The lowest BCUT2D eigenvalue weighted by Crippen LogP contribution is -2.29. The molecule has 7 nitrogen and oxygen atoms in total. The van der Waals surface area contributed by atoms with Crippen molar-refractivity contribution in [2.75, 3.05) is 18.7 Å². The first-order valence-corrected chi connectivity index (χ1v) is 14.3. The number of nitrogens with one attached hydrogen (secondary N) is 1. The average Bonchev–Trinajstić information content (AvgIpc) is 3.43. The normalized spacial score (nSPS) is 16.8. The molecule has 1 amide bonds. The predicted octanol–water partition coefficient (Wildman–Crippen LogP) is 7.56. The summed E-state index contributed by atoms with van der Waals surface area (Å²) in [7, 11) is 0. The van der Waals surface area contributed by atoms with E-state index >= 15 is 0 Å². The molecule has 2 aliphatic rings. The van der Waals surface area contributed by atoms with E-state index in [0.29, 0.717) is 45.1 Å². The molecule has 0 spiro atoms. The van der Waals surface area contributed by atoms with E-state index in [9.17, 15) is 9.59 Å². The maximum Gasteiger partial charge on any atom is 0.339 e. The predicted molar refractivity (Wildman–Crippen MR) is 164 cm³/mol. The molecule has 1 N–H and O–H groups in total. The molecule has 1 aliphatic heterocycles. The molecule has 0 bridgehead atoms. The smallest absolute Gasteiger partial charge is 0.339 e. The molecule has 1 aromatic heterocycles. The number of halogens is 1. The molecule has 0 radical (unpaired) electrons. The number of allylic oxidation sites excluding steroid dienone is 1. The second-order valence-corrected chi connectivity index (χ2v) is 12.2. The zero-order valence-corrected chi connectivity index (χ0v) is 24.5. The summed E-state index contributed by atoms with van der Waals surface area (Å²) in [5.74, 6) is 0.422. The number of hydrogen-bond acceptors (Lipinski definition) is 6. The van der Waals surface area contributed by atoms with Gasteiger partial charge in [0.15, 0.2) is 18.1 Å². The van der Waals surface area contributed by atoms with Crippen LogP contribution >= 0.6 is 11.6 Å². The van der Waals surface area contributed by atoms with Gasteiger partial charge in [0, 0.05) is 22.2 Å². The van der Waals surface area contributed by atoms with Crippen LogP contribution < -0.4 is 14.8 Å². The maximum atomic E-state index is 13.8. The fourth-order valence-electron chi connectivity index (χ4n) is 5.50. The highest BCUT2D eigenvalue weighted by Crippen LogP contribution is 2.45. The summed E-state index contributed by atoms with van der Waals surface area (Å²) in [5, 5.41) is 4.14. The molecule has 3 aromatic carbocycles. The van der Waals surface area contributed by atoms with Crippen molar-refractivity contribution in [3.8, 4) is 11.5 Å². The monoisotopic (exact) mass is 582 g/mol. The van der Waals surface area contributed by atoms with Crippen molar-refractivity contribution >= 4 is 51.7 Å². The Morgan fingerprint density at radius 3 is 2.57 bits per heavy atom. The SMILES string of the molecule is CC(C)(C)C1C/C(=C\c2ccc(Cl)cc2)c2nc3ccccc3c(C(=O)OCC(=O)Nc3ccc4c(c3)OCO4)c2C1. The zero-order valence-electron chi connectivity index (χ0n) is 23.7. The summed E-state index contributed by atoms with van der Waals surface area (Å²) in [6.07, 6.45) is 3.61. The molecule has 2 heterocycles. The number of benzene rings is 3. The van der Waals surface area contributed by atoms with Gasteiger partial charge in [-0.15, -0.1) is 0 Å². The van der Waals surface area contributed by atoms with Gasteiger partial charge in [-0.05, 0) is 77.3 Å². The Labute approximate surface area is 249 Å². The minimum absolute atomic E-state index is 0.0197. The molecule has 0 saturated heterocycles. The minimum Gasteiger partial charge on any atom is -0.454 e. The Bertz CT molecular complexity index is 1720.